The summed E-state index contributed by atoms with van der Waals surface area (Å²) in [5.74, 6) is 0.857. The molecular weight excluding hydrogens is 358 g/mol. The standard InChI is InChI=1S/C20H21N5OS/c1-24(2)16-6-4-5-15(11-16)18-13-22-20-25(18)23-19(27-20)21-12-14-7-9-17(26-3)10-8-14/h4-11,13H,12H2,1-3H3,(H,21,23). The van der Waals surface area contributed by atoms with Gasteiger partial charge in [0.1, 0.15) is 5.75 Å². The molecule has 0 radical (unpaired) electrons. The number of nitrogens with one attached hydrogen (secondary N) is 1. The lowest BCUT2D eigenvalue weighted by Gasteiger charge is -2.13. The van der Waals surface area contributed by atoms with Gasteiger partial charge >= 0.3 is 0 Å². The first-order valence-corrected chi connectivity index (χ1v) is 9.45. The predicted octanol–water partition coefficient (Wildman–Crippen LogP) is 4.14. The predicted molar refractivity (Wildman–Crippen MR) is 111 cm³/mol. The van der Waals surface area contributed by atoms with Crippen molar-refractivity contribution in [2.75, 3.05) is 31.4 Å². The molecule has 2 aromatic heterocycles. The Morgan fingerprint density at radius 1 is 1.15 bits per heavy atom. The molecule has 0 aliphatic carbocycles. The highest BCUT2D eigenvalue weighted by atomic mass is 32.1. The van der Waals surface area contributed by atoms with E-state index in [0.29, 0.717) is 6.54 Å². The van der Waals surface area contributed by atoms with E-state index in [2.05, 4.69) is 39.5 Å². The molecule has 4 aromatic rings. The molecule has 2 heterocycles. The second-order valence-electron chi connectivity index (χ2n) is 6.39. The van der Waals surface area contributed by atoms with Crippen molar-refractivity contribution in [3.05, 3.63) is 60.3 Å². The number of anilines is 2. The van der Waals surface area contributed by atoms with Crippen molar-refractivity contribution in [2.45, 2.75) is 6.54 Å². The molecule has 2 aromatic carbocycles. The first-order valence-electron chi connectivity index (χ1n) is 8.63. The SMILES string of the molecule is COc1ccc(CNc2nn3c(-c4cccc(N(C)C)c4)cnc3s2)cc1. The molecule has 0 aliphatic rings. The largest absolute Gasteiger partial charge is 0.497 e. The van der Waals surface area contributed by atoms with Gasteiger partial charge in [0.25, 0.3) is 0 Å². The highest BCUT2D eigenvalue weighted by molar-refractivity contribution is 7.20. The number of methoxy groups -OCH3 is 1. The maximum atomic E-state index is 5.19. The number of fused-ring (bicyclic) bond motifs is 1. The van der Waals surface area contributed by atoms with Gasteiger partial charge in [0.2, 0.25) is 10.1 Å². The number of imidazole rings is 1. The van der Waals surface area contributed by atoms with Crippen LogP contribution < -0.4 is 15.0 Å². The van der Waals surface area contributed by atoms with Crippen LogP contribution in [0, 0.1) is 0 Å². The summed E-state index contributed by atoms with van der Waals surface area (Å²) in [5.41, 5.74) is 4.40. The third-order valence-electron chi connectivity index (χ3n) is 4.35. The Bertz CT molecular complexity index is 1050. The lowest BCUT2D eigenvalue weighted by atomic mass is 10.1. The van der Waals surface area contributed by atoms with Gasteiger partial charge in [-0.05, 0) is 29.8 Å². The van der Waals surface area contributed by atoms with Crippen molar-refractivity contribution in [1.29, 1.82) is 0 Å². The molecule has 0 saturated carbocycles. The molecule has 0 amide bonds. The van der Waals surface area contributed by atoms with E-state index in [-0.39, 0.29) is 0 Å². The Hall–Kier alpha value is -3.06. The van der Waals surface area contributed by atoms with Crippen LogP contribution >= 0.6 is 11.3 Å². The van der Waals surface area contributed by atoms with Crippen molar-refractivity contribution in [3.63, 3.8) is 0 Å². The zero-order valence-electron chi connectivity index (χ0n) is 15.5. The van der Waals surface area contributed by atoms with Gasteiger partial charge in [-0.3, -0.25) is 0 Å². The molecule has 7 heteroatoms. The van der Waals surface area contributed by atoms with E-state index in [4.69, 9.17) is 9.84 Å². The van der Waals surface area contributed by atoms with Gasteiger partial charge in [0.05, 0.1) is 19.0 Å². The number of nitrogens with zero attached hydrogens (tertiary/aromatic N) is 4. The molecule has 4 rings (SSSR count). The molecule has 6 nitrogen and oxygen atoms in total. The highest BCUT2D eigenvalue weighted by Gasteiger charge is 2.12. The number of benzene rings is 2. The Morgan fingerprint density at radius 3 is 2.70 bits per heavy atom. The van der Waals surface area contributed by atoms with Crippen molar-refractivity contribution < 1.29 is 4.74 Å². The van der Waals surface area contributed by atoms with Gasteiger partial charge in [0.15, 0.2) is 0 Å². The van der Waals surface area contributed by atoms with Gasteiger partial charge < -0.3 is 15.0 Å². The highest BCUT2D eigenvalue weighted by Crippen LogP contribution is 2.28. The molecule has 0 fully saturated rings. The van der Waals surface area contributed by atoms with Gasteiger partial charge in [-0.25, -0.2) is 9.50 Å². The molecule has 0 saturated heterocycles. The van der Waals surface area contributed by atoms with Crippen LogP contribution in [0.2, 0.25) is 0 Å². The zero-order chi connectivity index (χ0) is 18.8. The minimum atomic E-state index is 0.701. The molecule has 27 heavy (non-hydrogen) atoms. The van der Waals surface area contributed by atoms with Crippen LogP contribution in [0.5, 0.6) is 5.75 Å². The van der Waals surface area contributed by atoms with E-state index in [1.54, 1.807) is 18.4 Å². The molecular formula is C20H21N5OS. The average Bonchev–Trinajstić information content (AvgIpc) is 3.27. The lowest BCUT2D eigenvalue weighted by Crippen LogP contribution is -2.08. The quantitative estimate of drug-likeness (QED) is 0.546. The maximum Gasteiger partial charge on any atom is 0.214 e. The molecule has 0 unspecified atom stereocenters. The van der Waals surface area contributed by atoms with Crippen LogP contribution in [0.3, 0.4) is 0 Å². The van der Waals surface area contributed by atoms with Crippen molar-refractivity contribution in [2.24, 2.45) is 0 Å². The fourth-order valence-corrected chi connectivity index (χ4v) is 3.60. The summed E-state index contributed by atoms with van der Waals surface area (Å²) in [6.45, 7) is 0.701. The number of ether oxygens (including phenoxy) is 1. The Morgan fingerprint density at radius 2 is 1.96 bits per heavy atom. The number of rotatable bonds is 6. The summed E-state index contributed by atoms with van der Waals surface area (Å²) < 4.78 is 7.09. The van der Waals surface area contributed by atoms with Crippen molar-refractivity contribution in [1.82, 2.24) is 14.6 Å². The van der Waals surface area contributed by atoms with Crippen LogP contribution in [0.25, 0.3) is 16.2 Å². The van der Waals surface area contributed by atoms with Crippen LogP contribution in [0.1, 0.15) is 5.56 Å². The Balaban J connectivity index is 1.55. The summed E-state index contributed by atoms with van der Waals surface area (Å²) >= 11 is 1.54. The molecule has 0 spiro atoms. The molecule has 0 aliphatic heterocycles. The Kier molecular flexibility index (Phi) is 4.68. The number of hydrogen-bond acceptors (Lipinski definition) is 6. The van der Waals surface area contributed by atoms with E-state index in [1.165, 1.54) is 5.56 Å². The summed E-state index contributed by atoms with van der Waals surface area (Å²) in [5, 5.41) is 8.92. The van der Waals surface area contributed by atoms with Crippen molar-refractivity contribution >= 4 is 27.1 Å². The first kappa shape index (κ1) is 17.4. The van der Waals surface area contributed by atoms with Crippen LogP contribution in [0.15, 0.2) is 54.7 Å². The second-order valence-corrected chi connectivity index (χ2v) is 7.35. The fraction of sp³-hybridized carbons (Fsp3) is 0.200. The Labute approximate surface area is 162 Å². The minimum Gasteiger partial charge on any atom is -0.497 e. The lowest BCUT2D eigenvalue weighted by molar-refractivity contribution is 0.414. The third-order valence-corrected chi connectivity index (χ3v) is 5.23. The van der Waals surface area contributed by atoms with Crippen LogP contribution in [0.4, 0.5) is 10.8 Å². The molecule has 1 N–H and O–H groups in total. The first-order chi connectivity index (χ1) is 13.1. The zero-order valence-corrected chi connectivity index (χ0v) is 16.3. The molecule has 0 bridgehead atoms. The summed E-state index contributed by atoms with van der Waals surface area (Å²) in [7, 11) is 5.74. The van der Waals surface area contributed by atoms with E-state index >= 15 is 0 Å². The number of aromatic nitrogens is 3. The third kappa shape index (κ3) is 3.59. The average molecular weight is 379 g/mol. The normalized spacial score (nSPS) is 10.9. The van der Waals surface area contributed by atoms with Crippen LogP contribution in [-0.2, 0) is 6.54 Å². The monoisotopic (exact) mass is 379 g/mol. The van der Waals surface area contributed by atoms with Crippen molar-refractivity contribution in [3.8, 4) is 17.0 Å². The molecule has 0 atom stereocenters. The summed E-state index contributed by atoms with van der Waals surface area (Å²) in [6.07, 6.45) is 1.88. The maximum absolute atomic E-state index is 5.19. The number of hydrogen-bond donors (Lipinski definition) is 1. The van der Waals surface area contributed by atoms with E-state index < -0.39 is 0 Å². The minimum absolute atomic E-state index is 0.701. The second kappa shape index (κ2) is 7.28. The van der Waals surface area contributed by atoms with E-state index in [1.807, 2.05) is 49.1 Å². The van der Waals surface area contributed by atoms with Crippen LogP contribution in [-0.4, -0.2) is 35.8 Å². The van der Waals surface area contributed by atoms with Gasteiger partial charge in [0, 0.05) is 31.9 Å². The summed E-state index contributed by atoms with van der Waals surface area (Å²) in [6, 6.07) is 16.4. The smallest absolute Gasteiger partial charge is 0.214 e. The summed E-state index contributed by atoms with van der Waals surface area (Å²) in [4.78, 5) is 7.48. The van der Waals surface area contributed by atoms with E-state index in [9.17, 15) is 0 Å². The fourth-order valence-electron chi connectivity index (χ4n) is 2.83. The van der Waals surface area contributed by atoms with E-state index in [0.717, 1.165) is 32.8 Å². The van der Waals surface area contributed by atoms with Gasteiger partial charge in [-0.2, -0.15) is 0 Å². The topological polar surface area (TPSA) is 54.7 Å². The van der Waals surface area contributed by atoms with Gasteiger partial charge in [-0.1, -0.05) is 35.6 Å². The van der Waals surface area contributed by atoms with Gasteiger partial charge in [-0.15, -0.1) is 5.10 Å². The molecule has 138 valence electrons.